The summed E-state index contributed by atoms with van der Waals surface area (Å²) in [4.78, 5) is 23.0. The number of thiazole rings is 1. The lowest BCUT2D eigenvalue weighted by atomic mass is 9.88. The van der Waals surface area contributed by atoms with Crippen LogP contribution in [0.4, 0.5) is 0 Å². The topological polar surface area (TPSA) is 36.4 Å². The van der Waals surface area contributed by atoms with Crippen molar-refractivity contribution in [3.63, 3.8) is 0 Å². The summed E-state index contributed by atoms with van der Waals surface area (Å²) in [5.41, 5.74) is 3.09. The first-order valence-electron chi connectivity index (χ1n) is 8.64. The van der Waals surface area contributed by atoms with Crippen molar-refractivity contribution in [3.8, 4) is 0 Å². The van der Waals surface area contributed by atoms with E-state index in [1.165, 1.54) is 24.1 Å². The van der Waals surface area contributed by atoms with Crippen LogP contribution >= 0.6 is 11.3 Å². The van der Waals surface area contributed by atoms with Crippen molar-refractivity contribution in [3.05, 3.63) is 16.1 Å². The van der Waals surface area contributed by atoms with Gasteiger partial charge in [-0.3, -0.25) is 9.69 Å². The van der Waals surface area contributed by atoms with Gasteiger partial charge in [0.05, 0.1) is 11.2 Å². The fraction of sp³-hybridized carbons (Fsp3) is 0.765. The maximum atomic E-state index is 12.7. The summed E-state index contributed by atoms with van der Waals surface area (Å²) in [6, 6.07) is 0. The number of hydrogen-bond donors (Lipinski definition) is 0. The van der Waals surface area contributed by atoms with Crippen LogP contribution in [0.25, 0.3) is 0 Å². The third-order valence-corrected chi connectivity index (χ3v) is 5.99. The molecule has 1 aliphatic heterocycles. The van der Waals surface area contributed by atoms with E-state index in [9.17, 15) is 4.79 Å². The molecule has 22 heavy (non-hydrogen) atoms. The van der Waals surface area contributed by atoms with E-state index < -0.39 is 0 Å². The standard InChI is InChI=1S/C17H27N3OS/c1-14-16(22-13-18-14)12-19-8-5-9-20(11-10-19)17(21)15-6-3-2-4-7-15/h13,15H,2-12H2,1H3. The number of carbonyl (C=O) groups is 1. The Morgan fingerprint density at radius 2 is 2.00 bits per heavy atom. The second kappa shape index (κ2) is 7.55. The fourth-order valence-corrected chi connectivity index (χ4v) is 4.46. The molecule has 1 saturated carbocycles. The molecule has 0 spiro atoms. The third kappa shape index (κ3) is 3.87. The van der Waals surface area contributed by atoms with Crippen LogP contribution in [0.3, 0.4) is 0 Å². The van der Waals surface area contributed by atoms with E-state index in [4.69, 9.17) is 0 Å². The maximum Gasteiger partial charge on any atom is 0.225 e. The molecular weight excluding hydrogens is 294 g/mol. The van der Waals surface area contributed by atoms with Crippen molar-refractivity contribution in [2.45, 2.75) is 52.0 Å². The van der Waals surface area contributed by atoms with Gasteiger partial charge >= 0.3 is 0 Å². The molecule has 2 fully saturated rings. The predicted octanol–water partition coefficient (Wildman–Crippen LogP) is 3.07. The Morgan fingerprint density at radius 3 is 2.73 bits per heavy atom. The molecule has 1 amide bonds. The Bertz CT molecular complexity index is 496. The monoisotopic (exact) mass is 321 g/mol. The van der Waals surface area contributed by atoms with Crippen LogP contribution in [-0.2, 0) is 11.3 Å². The van der Waals surface area contributed by atoms with Crippen LogP contribution in [0.15, 0.2) is 5.51 Å². The predicted molar refractivity (Wildman–Crippen MR) is 89.9 cm³/mol. The highest BCUT2D eigenvalue weighted by atomic mass is 32.1. The molecule has 1 aromatic heterocycles. The molecule has 5 heteroatoms. The second-order valence-electron chi connectivity index (χ2n) is 6.65. The minimum atomic E-state index is 0.309. The van der Waals surface area contributed by atoms with E-state index in [1.807, 2.05) is 5.51 Å². The Kier molecular flexibility index (Phi) is 5.47. The van der Waals surface area contributed by atoms with Crippen LogP contribution in [0.1, 0.15) is 49.1 Å². The number of amides is 1. The Morgan fingerprint density at radius 1 is 1.18 bits per heavy atom. The molecule has 1 saturated heterocycles. The zero-order valence-corrected chi connectivity index (χ0v) is 14.4. The zero-order chi connectivity index (χ0) is 15.4. The van der Waals surface area contributed by atoms with Crippen LogP contribution < -0.4 is 0 Å². The molecule has 3 rings (SSSR count). The Labute approximate surface area is 137 Å². The van der Waals surface area contributed by atoms with E-state index in [-0.39, 0.29) is 0 Å². The Hall–Kier alpha value is -0.940. The molecule has 0 aromatic carbocycles. The van der Waals surface area contributed by atoms with Crippen molar-refractivity contribution < 1.29 is 4.79 Å². The van der Waals surface area contributed by atoms with Gasteiger partial charge in [-0.25, -0.2) is 4.98 Å². The number of hydrogen-bond acceptors (Lipinski definition) is 4. The second-order valence-corrected chi connectivity index (χ2v) is 7.59. The summed E-state index contributed by atoms with van der Waals surface area (Å²) in [6.07, 6.45) is 7.10. The van der Waals surface area contributed by atoms with Crippen LogP contribution in [0.5, 0.6) is 0 Å². The van der Waals surface area contributed by atoms with Crippen molar-refractivity contribution in [1.29, 1.82) is 0 Å². The van der Waals surface area contributed by atoms with Gasteiger partial charge in [-0.1, -0.05) is 19.3 Å². The largest absolute Gasteiger partial charge is 0.341 e. The highest BCUT2D eigenvalue weighted by Gasteiger charge is 2.27. The van der Waals surface area contributed by atoms with Gasteiger partial charge in [0.15, 0.2) is 0 Å². The molecule has 0 radical (unpaired) electrons. The normalized spacial score (nSPS) is 21.8. The average molecular weight is 321 g/mol. The lowest BCUT2D eigenvalue weighted by molar-refractivity contribution is -0.136. The first-order valence-corrected chi connectivity index (χ1v) is 9.52. The fourth-order valence-electron chi connectivity index (χ4n) is 3.64. The summed E-state index contributed by atoms with van der Waals surface area (Å²) in [5, 5.41) is 0. The number of aryl methyl sites for hydroxylation is 1. The van der Waals surface area contributed by atoms with Crippen molar-refractivity contribution in [2.24, 2.45) is 5.92 Å². The SMILES string of the molecule is Cc1ncsc1CN1CCCN(C(=O)C2CCCCC2)CC1. The van der Waals surface area contributed by atoms with Crippen molar-refractivity contribution in [2.75, 3.05) is 26.2 Å². The molecular formula is C17H27N3OS. The van der Waals surface area contributed by atoms with Gasteiger partial charge in [0.25, 0.3) is 0 Å². The average Bonchev–Trinajstić information content (AvgIpc) is 2.81. The first-order chi connectivity index (χ1) is 10.7. The van der Waals surface area contributed by atoms with Gasteiger partial charge in [-0.05, 0) is 26.2 Å². The number of carbonyl (C=O) groups excluding carboxylic acids is 1. The van der Waals surface area contributed by atoms with Gasteiger partial charge in [0, 0.05) is 43.5 Å². The third-order valence-electron chi connectivity index (χ3n) is 5.07. The lowest BCUT2D eigenvalue weighted by Gasteiger charge is -2.28. The smallest absolute Gasteiger partial charge is 0.225 e. The molecule has 1 aromatic rings. The summed E-state index contributed by atoms with van der Waals surface area (Å²) in [6.45, 7) is 6.99. The van der Waals surface area contributed by atoms with E-state index in [2.05, 4.69) is 21.7 Å². The molecule has 2 heterocycles. The Balaban J connectivity index is 1.53. The van der Waals surface area contributed by atoms with Crippen molar-refractivity contribution in [1.82, 2.24) is 14.8 Å². The van der Waals surface area contributed by atoms with Crippen LogP contribution in [0.2, 0.25) is 0 Å². The molecule has 0 unspecified atom stereocenters. The first kappa shape index (κ1) is 15.9. The van der Waals surface area contributed by atoms with E-state index in [1.54, 1.807) is 11.3 Å². The number of aromatic nitrogens is 1. The lowest BCUT2D eigenvalue weighted by Crippen LogP contribution is -2.39. The zero-order valence-electron chi connectivity index (χ0n) is 13.6. The van der Waals surface area contributed by atoms with Crippen molar-refractivity contribution >= 4 is 17.2 Å². The van der Waals surface area contributed by atoms with E-state index in [0.29, 0.717) is 11.8 Å². The van der Waals surface area contributed by atoms with E-state index in [0.717, 1.165) is 57.7 Å². The van der Waals surface area contributed by atoms with Gasteiger partial charge in [-0.15, -0.1) is 11.3 Å². The van der Waals surface area contributed by atoms with Gasteiger partial charge < -0.3 is 4.90 Å². The summed E-state index contributed by atoms with van der Waals surface area (Å²) < 4.78 is 0. The molecule has 0 N–H and O–H groups in total. The highest BCUT2D eigenvalue weighted by molar-refractivity contribution is 7.09. The minimum absolute atomic E-state index is 0.309. The highest BCUT2D eigenvalue weighted by Crippen LogP contribution is 2.26. The molecule has 4 nitrogen and oxygen atoms in total. The maximum absolute atomic E-state index is 12.7. The molecule has 0 bridgehead atoms. The summed E-state index contributed by atoms with van der Waals surface area (Å²) in [7, 11) is 0. The number of nitrogens with zero attached hydrogens (tertiary/aromatic N) is 3. The van der Waals surface area contributed by atoms with Gasteiger partial charge in [0.1, 0.15) is 0 Å². The van der Waals surface area contributed by atoms with Gasteiger partial charge in [0.2, 0.25) is 5.91 Å². The molecule has 2 aliphatic rings. The van der Waals surface area contributed by atoms with Crippen LogP contribution in [-0.4, -0.2) is 46.9 Å². The molecule has 0 atom stereocenters. The van der Waals surface area contributed by atoms with E-state index >= 15 is 0 Å². The molecule has 1 aliphatic carbocycles. The van der Waals surface area contributed by atoms with Gasteiger partial charge in [-0.2, -0.15) is 0 Å². The summed E-state index contributed by atoms with van der Waals surface area (Å²) >= 11 is 1.75. The molecule has 122 valence electrons. The number of rotatable bonds is 3. The minimum Gasteiger partial charge on any atom is -0.341 e. The van der Waals surface area contributed by atoms with Crippen LogP contribution in [0, 0.1) is 12.8 Å². The summed E-state index contributed by atoms with van der Waals surface area (Å²) in [5.74, 6) is 0.736. The quantitative estimate of drug-likeness (QED) is 0.858.